The van der Waals surface area contributed by atoms with Crippen LogP contribution in [0, 0.1) is 23.2 Å². The van der Waals surface area contributed by atoms with E-state index in [1.807, 2.05) is 13.0 Å². The van der Waals surface area contributed by atoms with Crippen molar-refractivity contribution in [2.75, 3.05) is 13.7 Å². The van der Waals surface area contributed by atoms with Gasteiger partial charge in [-0.3, -0.25) is 4.79 Å². The summed E-state index contributed by atoms with van der Waals surface area (Å²) in [7, 11) is 1.53. The Bertz CT molecular complexity index is 1490. The molecule has 15 heteroatoms. The van der Waals surface area contributed by atoms with Crippen LogP contribution in [-0.4, -0.2) is 133 Å². The first-order valence-electron chi connectivity index (χ1n) is 20.1. The lowest BCUT2D eigenvalue weighted by Crippen LogP contribution is -2.56. The van der Waals surface area contributed by atoms with E-state index >= 15 is 0 Å². The second kappa shape index (κ2) is 15.3. The van der Waals surface area contributed by atoms with Crippen LogP contribution >= 0.6 is 0 Å². The molecular weight excluding hydrogens is 720 g/mol. The van der Waals surface area contributed by atoms with Crippen LogP contribution in [0.5, 0.6) is 0 Å². The highest BCUT2D eigenvalue weighted by Crippen LogP contribution is 2.56. The van der Waals surface area contributed by atoms with Gasteiger partial charge in [0.05, 0.1) is 61.2 Å². The fraction of sp³-hybridized carbons (Fsp3) is 0.850. The highest BCUT2D eigenvalue weighted by Gasteiger charge is 2.61. The lowest BCUT2D eigenvalue weighted by Gasteiger charge is -2.50. The summed E-state index contributed by atoms with van der Waals surface area (Å²) in [5.74, 6) is -2.58. The Labute approximate surface area is 321 Å². The molecule has 2 aliphatic carbocycles. The van der Waals surface area contributed by atoms with E-state index in [0.29, 0.717) is 31.3 Å². The van der Waals surface area contributed by atoms with Gasteiger partial charge < -0.3 is 62.7 Å². The van der Waals surface area contributed by atoms with Crippen molar-refractivity contribution in [2.24, 2.45) is 23.2 Å². The van der Waals surface area contributed by atoms with Crippen LogP contribution in [0.3, 0.4) is 0 Å². The number of esters is 2. The monoisotopic (exact) mass is 778 g/mol. The quantitative estimate of drug-likeness (QED) is 0.253. The van der Waals surface area contributed by atoms with Gasteiger partial charge >= 0.3 is 11.9 Å². The van der Waals surface area contributed by atoms with Crippen LogP contribution in [0.15, 0.2) is 23.3 Å². The van der Waals surface area contributed by atoms with Crippen molar-refractivity contribution in [2.45, 2.75) is 178 Å². The van der Waals surface area contributed by atoms with Crippen LogP contribution < -0.4 is 0 Å². The Morgan fingerprint density at radius 1 is 0.818 bits per heavy atom. The fourth-order valence-electron chi connectivity index (χ4n) is 10.6. The number of carbonyl (C=O) groups excluding carboxylic acids is 2. The predicted molar refractivity (Wildman–Crippen MR) is 188 cm³/mol. The summed E-state index contributed by atoms with van der Waals surface area (Å²) in [6, 6.07) is 0. The summed E-state index contributed by atoms with van der Waals surface area (Å²) in [6.07, 6.45) is -0.766. The molecule has 0 radical (unpaired) electrons. The lowest BCUT2D eigenvalue weighted by molar-refractivity contribution is -0.336. The number of methoxy groups -OCH3 is 1. The molecule has 0 aromatic rings. The van der Waals surface area contributed by atoms with E-state index in [0.717, 1.165) is 12.8 Å². The molecule has 0 unspecified atom stereocenters. The Morgan fingerprint density at radius 2 is 1.45 bits per heavy atom. The van der Waals surface area contributed by atoms with Gasteiger partial charge in [-0.05, 0) is 64.2 Å². The van der Waals surface area contributed by atoms with Crippen LogP contribution in [0.2, 0.25) is 0 Å². The molecule has 0 aromatic heterocycles. The fourth-order valence-corrected chi connectivity index (χ4v) is 10.6. The van der Waals surface area contributed by atoms with E-state index in [1.165, 1.54) is 12.7 Å². The molecule has 6 fully saturated rings. The third-order valence-corrected chi connectivity index (χ3v) is 13.8. The maximum Gasteiger partial charge on any atom is 0.336 e. The van der Waals surface area contributed by atoms with Crippen molar-refractivity contribution in [3.05, 3.63) is 23.3 Å². The zero-order chi connectivity index (χ0) is 39.0. The molecule has 3 N–H and O–H groups in total. The summed E-state index contributed by atoms with van der Waals surface area (Å²) in [5.41, 5.74) is 1.48. The Hall–Kier alpha value is -2.02. The zero-order valence-corrected chi connectivity index (χ0v) is 32.6. The van der Waals surface area contributed by atoms with Gasteiger partial charge in [0.2, 0.25) is 5.79 Å². The predicted octanol–water partition coefficient (Wildman–Crippen LogP) is 2.56. The van der Waals surface area contributed by atoms with Crippen molar-refractivity contribution in [1.29, 1.82) is 0 Å². The molecule has 0 aromatic carbocycles. The third-order valence-electron chi connectivity index (χ3n) is 13.8. The van der Waals surface area contributed by atoms with Gasteiger partial charge in [0.1, 0.15) is 24.4 Å². The van der Waals surface area contributed by atoms with Gasteiger partial charge in [0, 0.05) is 38.9 Å². The van der Waals surface area contributed by atoms with Gasteiger partial charge in [-0.15, -0.1) is 0 Å². The number of aliphatic hydroxyl groups is 3. The zero-order valence-electron chi connectivity index (χ0n) is 32.6. The van der Waals surface area contributed by atoms with Crippen molar-refractivity contribution in [3.8, 4) is 0 Å². The molecule has 55 heavy (non-hydrogen) atoms. The van der Waals surface area contributed by atoms with E-state index in [2.05, 4.69) is 13.0 Å². The molecular formula is C40H58O15. The van der Waals surface area contributed by atoms with E-state index in [4.69, 9.17) is 47.4 Å². The number of hydrogen-bond donors (Lipinski definition) is 3. The second-order valence-electron chi connectivity index (χ2n) is 17.3. The number of aliphatic hydroxyl groups excluding tert-OH is 3. The number of allylic oxidation sites excluding steroid dienone is 2. The molecule has 0 bridgehead atoms. The van der Waals surface area contributed by atoms with Crippen LogP contribution in [0.25, 0.3) is 0 Å². The van der Waals surface area contributed by atoms with Crippen LogP contribution in [0.4, 0.5) is 0 Å². The standard InChI is InChI=1S/C40H58O15/c1-18-34(43)28(46-6)16-32(48-18)54-36-20(3)50-31(15-27(36)42)53-35-19(2)49-30(14-26(35)41)51-22-11-12-39(4)21(13-22)7-8-23-25(39)10-9-24-33-29(52-37(23)44)17-47-40(33,5)55-38(24)45/h7,9,18-20,22-23,25-36,41-43H,8,10-17H2,1-6H3/b24-9+/t18-,19+,20+,22-,23+,25-,26+,27-,28+,29+,30-,31-,32-,33+,34-,35+,36+,39-,40+/m0/s1. The summed E-state index contributed by atoms with van der Waals surface area (Å²) in [6.45, 7) is 9.52. The molecule has 8 rings (SSSR count). The van der Waals surface area contributed by atoms with E-state index in [-0.39, 0.29) is 48.8 Å². The summed E-state index contributed by atoms with van der Waals surface area (Å²) < 4.78 is 59.9. The minimum Gasteiger partial charge on any atom is -0.459 e. The molecule has 0 spiro atoms. The molecule has 1 saturated carbocycles. The molecule has 0 amide bonds. The van der Waals surface area contributed by atoms with E-state index in [9.17, 15) is 24.9 Å². The molecule has 19 atom stereocenters. The van der Waals surface area contributed by atoms with Gasteiger partial charge in [0.15, 0.2) is 18.9 Å². The second-order valence-corrected chi connectivity index (χ2v) is 17.3. The summed E-state index contributed by atoms with van der Waals surface area (Å²) in [5, 5.41) is 32.6. The molecule has 308 valence electrons. The van der Waals surface area contributed by atoms with Gasteiger partial charge in [-0.25, -0.2) is 4.79 Å². The first-order valence-corrected chi connectivity index (χ1v) is 20.1. The largest absolute Gasteiger partial charge is 0.459 e. The Balaban J connectivity index is 0.850. The van der Waals surface area contributed by atoms with E-state index in [1.54, 1.807) is 20.8 Å². The molecule has 15 nitrogen and oxygen atoms in total. The highest BCUT2D eigenvalue weighted by atomic mass is 16.8. The number of carbonyl (C=O) groups is 2. The molecule has 8 aliphatic rings. The Kier molecular flexibility index (Phi) is 11.1. The van der Waals surface area contributed by atoms with Crippen molar-refractivity contribution in [1.82, 2.24) is 0 Å². The van der Waals surface area contributed by atoms with Gasteiger partial charge in [-0.1, -0.05) is 24.6 Å². The summed E-state index contributed by atoms with van der Waals surface area (Å²) >= 11 is 0. The first-order chi connectivity index (χ1) is 26.2. The maximum absolute atomic E-state index is 13.7. The lowest BCUT2D eigenvalue weighted by atomic mass is 9.55. The number of fused-ring (bicyclic) bond motifs is 3. The Morgan fingerprint density at radius 3 is 2.11 bits per heavy atom. The maximum atomic E-state index is 13.7. The van der Waals surface area contributed by atoms with Crippen LogP contribution in [-0.2, 0) is 57.0 Å². The van der Waals surface area contributed by atoms with E-state index < -0.39 is 97.6 Å². The normalized spacial score (nSPS) is 52.2. The van der Waals surface area contributed by atoms with Crippen LogP contribution in [0.1, 0.15) is 86.0 Å². The third kappa shape index (κ3) is 7.34. The minimum absolute atomic E-state index is 0.0510. The molecule has 6 heterocycles. The number of rotatable bonds is 7. The summed E-state index contributed by atoms with van der Waals surface area (Å²) in [4.78, 5) is 26.6. The van der Waals surface area contributed by atoms with Crippen molar-refractivity contribution < 1.29 is 72.3 Å². The topological polar surface area (TPSA) is 187 Å². The smallest absolute Gasteiger partial charge is 0.336 e. The highest BCUT2D eigenvalue weighted by molar-refractivity contribution is 5.92. The minimum atomic E-state index is -1.11. The SMILES string of the molecule is CO[C@@H]1C[C@H](O[C@H]2[C@@H](O)C[C@H](O[C@H]3[C@H](O)C[C@H](O[C@H]4CC[C@@]5(C)C(=CC[C@H]6C(=O)O[C@@H]7CO[C@]8(C)OC(=O)/C(=C/C[C@@H]65)[C@H]78)C4)O[C@@H]3C)O[C@@H]2C)O[C@@H](C)[C@@H]1O. The number of ether oxygens (including phenoxy) is 10. The van der Waals surface area contributed by atoms with Crippen molar-refractivity contribution in [3.63, 3.8) is 0 Å². The van der Waals surface area contributed by atoms with Gasteiger partial charge in [-0.2, -0.15) is 0 Å². The van der Waals surface area contributed by atoms with Gasteiger partial charge in [0.25, 0.3) is 0 Å². The average molecular weight is 779 g/mol. The number of hydrogen-bond acceptors (Lipinski definition) is 15. The molecule has 6 aliphatic heterocycles. The average Bonchev–Trinajstić information content (AvgIpc) is 3.59. The first kappa shape index (κ1) is 39.8. The molecule has 5 saturated heterocycles. The van der Waals surface area contributed by atoms with Crippen molar-refractivity contribution >= 4 is 11.9 Å².